The van der Waals surface area contributed by atoms with Crippen molar-refractivity contribution in [3.05, 3.63) is 35.4 Å². The zero-order valence-corrected chi connectivity index (χ0v) is 13.6. The van der Waals surface area contributed by atoms with Crippen molar-refractivity contribution in [1.29, 1.82) is 0 Å². The van der Waals surface area contributed by atoms with Gasteiger partial charge in [0.15, 0.2) is 0 Å². The van der Waals surface area contributed by atoms with E-state index in [1.165, 1.54) is 12.1 Å². The maximum atomic E-state index is 12.5. The number of morpholine rings is 1. The van der Waals surface area contributed by atoms with Crippen molar-refractivity contribution in [2.45, 2.75) is 31.9 Å². The molecular weight excluding hydrogens is 325 g/mol. The second-order valence-corrected chi connectivity index (χ2v) is 5.78. The van der Waals surface area contributed by atoms with Gasteiger partial charge >= 0.3 is 12.2 Å². The van der Waals surface area contributed by atoms with E-state index in [1.807, 2.05) is 6.92 Å². The molecule has 0 bridgehead atoms. The molecule has 2 atom stereocenters. The fourth-order valence-electron chi connectivity index (χ4n) is 2.59. The van der Waals surface area contributed by atoms with Gasteiger partial charge in [-0.1, -0.05) is 12.1 Å². The van der Waals surface area contributed by atoms with Crippen LogP contribution in [0.5, 0.6) is 0 Å². The summed E-state index contributed by atoms with van der Waals surface area (Å²) >= 11 is 0. The maximum absolute atomic E-state index is 12.5. The fourth-order valence-corrected chi connectivity index (χ4v) is 2.59. The number of hydrogen-bond acceptors (Lipinski definition) is 3. The Hall–Kier alpha value is -1.80. The SMILES string of the molecule is COC[C@H]1CN(C(=O)NCc2ccc(C(F)(F)F)cc2)C[C@H](C)O1. The second-order valence-electron chi connectivity index (χ2n) is 5.78. The number of rotatable bonds is 4. The van der Waals surface area contributed by atoms with Crippen molar-refractivity contribution in [2.75, 3.05) is 26.8 Å². The molecule has 24 heavy (non-hydrogen) atoms. The molecule has 134 valence electrons. The van der Waals surface area contributed by atoms with Gasteiger partial charge in [0.2, 0.25) is 0 Å². The van der Waals surface area contributed by atoms with Crippen LogP contribution >= 0.6 is 0 Å². The zero-order valence-electron chi connectivity index (χ0n) is 13.6. The van der Waals surface area contributed by atoms with Crippen molar-refractivity contribution in [3.63, 3.8) is 0 Å². The number of benzene rings is 1. The Bertz CT molecular complexity index is 548. The van der Waals surface area contributed by atoms with E-state index in [4.69, 9.17) is 9.47 Å². The Balaban J connectivity index is 1.88. The third-order valence-electron chi connectivity index (χ3n) is 3.69. The fraction of sp³-hybridized carbons (Fsp3) is 0.562. The number of hydrogen-bond donors (Lipinski definition) is 1. The molecular formula is C16H21F3N2O3. The smallest absolute Gasteiger partial charge is 0.382 e. The van der Waals surface area contributed by atoms with Crippen LogP contribution in [0.25, 0.3) is 0 Å². The number of alkyl halides is 3. The van der Waals surface area contributed by atoms with Gasteiger partial charge < -0.3 is 19.7 Å². The molecule has 1 fully saturated rings. The van der Waals surface area contributed by atoms with Crippen LogP contribution in [0.15, 0.2) is 24.3 Å². The van der Waals surface area contributed by atoms with E-state index >= 15 is 0 Å². The molecule has 2 rings (SSSR count). The Kier molecular flexibility index (Phi) is 6.06. The highest BCUT2D eigenvalue weighted by Crippen LogP contribution is 2.29. The first-order valence-corrected chi connectivity index (χ1v) is 7.63. The van der Waals surface area contributed by atoms with Gasteiger partial charge in [-0.3, -0.25) is 0 Å². The topological polar surface area (TPSA) is 50.8 Å². The van der Waals surface area contributed by atoms with Crippen molar-refractivity contribution >= 4 is 6.03 Å². The summed E-state index contributed by atoms with van der Waals surface area (Å²) in [5, 5.41) is 2.72. The van der Waals surface area contributed by atoms with Gasteiger partial charge in [0, 0.05) is 20.2 Å². The molecule has 0 saturated carbocycles. The lowest BCUT2D eigenvalue weighted by Crippen LogP contribution is -2.53. The van der Waals surface area contributed by atoms with Crippen LogP contribution in [0.3, 0.4) is 0 Å². The maximum Gasteiger partial charge on any atom is 0.416 e. The monoisotopic (exact) mass is 346 g/mol. The summed E-state index contributed by atoms with van der Waals surface area (Å²) in [6, 6.07) is 4.46. The van der Waals surface area contributed by atoms with Gasteiger partial charge in [-0.15, -0.1) is 0 Å². The molecule has 1 aromatic carbocycles. The minimum Gasteiger partial charge on any atom is -0.382 e. The van der Waals surface area contributed by atoms with Crippen LogP contribution in [0, 0.1) is 0 Å². The number of carbonyl (C=O) groups is 1. The number of urea groups is 1. The van der Waals surface area contributed by atoms with Crippen molar-refractivity contribution in [3.8, 4) is 0 Å². The van der Waals surface area contributed by atoms with Gasteiger partial charge in [0.25, 0.3) is 0 Å². The number of ether oxygens (including phenoxy) is 2. The third-order valence-corrected chi connectivity index (χ3v) is 3.69. The molecule has 1 heterocycles. The van der Waals surface area contributed by atoms with E-state index in [0.29, 0.717) is 25.3 Å². The number of methoxy groups -OCH3 is 1. The van der Waals surface area contributed by atoms with Crippen LogP contribution in [0.2, 0.25) is 0 Å². The average Bonchev–Trinajstić information content (AvgIpc) is 2.52. The van der Waals surface area contributed by atoms with Gasteiger partial charge in [-0.2, -0.15) is 13.2 Å². The lowest BCUT2D eigenvalue weighted by Gasteiger charge is -2.36. The van der Waals surface area contributed by atoms with Crippen LogP contribution in [0.4, 0.5) is 18.0 Å². The van der Waals surface area contributed by atoms with Crippen molar-refractivity contribution in [1.82, 2.24) is 10.2 Å². The molecule has 2 amide bonds. The molecule has 0 radical (unpaired) electrons. The molecule has 0 spiro atoms. The predicted octanol–water partition coefficient (Wildman–Crippen LogP) is 2.65. The molecule has 0 aromatic heterocycles. The third kappa shape index (κ3) is 5.10. The highest BCUT2D eigenvalue weighted by Gasteiger charge is 2.30. The molecule has 0 aliphatic carbocycles. The summed E-state index contributed by atoms with van der Waals surface area (Å²) in [7, 11) is 1.57. The lowest BCUT2D eigenvalue weighted by atomic mass is 10.1. The molecule has 0 unspecified atom stereocenters. The summed E-state index contributed by atoms with van der Waals surface area (Å²) < 4.78 is 48.3. The summed E-state index contributed by atoms with van der Waals surface area (Å²) in [5.74, 6) is 0. The van der Waals surface area contributed by atoms with Crippen LogP contribution in [-0.2, 0) is 22.2 Å². The highest BCUT2D eigenvalue weighted by molar-refractivity contribution is 5.74. The standard InChI is InChI=1S/C16H21F3N2O3/c1-11-8-21(9-14(24-11)10-23-2)15(22)20-7-12-3-5-13(6-4-12)16(17,18)19/h3-6,11,14H,7-10H2,1-2H3,(H,20,22)/t11-,14+/m0/s1. The quantitative estimate of drug-likeness (QED) is 0.912. The normalized spacial score (nSPS) is 21.6. The lowest BCUT2D eigenvalue weighted by molar-refractivity contribution is -0.137. The van der Waals surface area contributed by atoms with Crippen molar-refractivity contribution < 1.29 is 27.4 Å². The van der Waals surface area contributed by atoms with Gasteiger partial charge in [-0.05, 0) is 24.6 Å². The highest BCUT2D eigenvalue weighted by atomic mass is 19.4. The largest absolute Gasteiger partial charge is 0.416 e. The Labute approximate surface area is 138 Å². The number of carbonyl (C=O) groups excluding carboxylic acids is 1. The van der Waals surface area contributed by atoms with E-state index in [-0.39, 0.29) is 24.8 Å². The molecule has 5 nitrogen and oxygen atoms in total. The summed E-state index contributed by atoms with van der Waals surface area (Å²) in [6.07, 6.45) is -4.64. The summed E-state index contributed by atoms with van der Waals surface area (Å²) in [6.45, 7) is 3.30. The minimum atomic E-state index is -4.36. The van der Waals surface area contributed by atoms with Crippen LogP contribution in [0.1, 0.15) is 18.1 Å². The van der Waals surface area contributed by atoms with E-state index < -0.39 is 11.7 Å². The van der Waals surface area contributed by atoms with Crippen molar-refractivity contribution in [2.24, 2.45) is 0 Å². The number of nitrogens with zero attached hydrogens (tertiary/aromatic N) is 1. The second kappa shape index (κ2) is 7.85. The predicted molar refractivity (Wildman–Crippen MR) is 81.5 cm³/mol. The first kappa shape index (κ1) is 18.5. The molecule has 1 saturated heterocycles. The molecule has 1 N–H and O–H groups in total. The summed E-state index contributed by atoms with van der Waals surface area (Å²) in [5.41, 5.74) is -0.104. The molecule has 1 aliphatic heterocycles. The molecule has 1 aliphatic rings. The zero-order chi connectivity index (χ0) is 17.7. The van der Waals surface area contributed by atoms with Gasteiger partial charge in [-0.25, -0.2) is 4.79 Å². The molecule has 8 heteroatoms. The number of amides is 2. The first-order valence-electron chi connectivity index (χ1n) is 7.63. The van der Waals surface area contributed by atoms with Gasteiger partial charge in [0.05, 0.1) is 30.9 Å². The summed E-state index contributed by atoms with van der Waals surface area (Å²) in [4.78, 5) is 13.9. The number of nitrogens with one attached hydrogen (secondary N) is 1. The van der Waals surface area contributed by atoms with E-state index in [9.17, 15) is 18.0 Å². The Morgan fingerprint density at radius 2 is 2.00 bits per heavy atom. The van der Waals surface area contributed by atoms with Gasteiger partial charge in [0.1, 0.15) is 0 Å². The first-order chi connectivity index (χ1) is 11.3. The Morgan fingerprint density at radius 3 is 2.58 bits per heavy atom. The van der Waals surface area contributed by atoms with Crippen LogP contribution < -0.4 is 5.32 Å². The van der Waals surface area contributed by atoms with E-state index in [2.05, 4.69) is 5.32 Å². The molecule has 1 aromatic rings. The van der Waals surface area contributed by atoms with E-state index in [1.54, 1.807) is 12.0 Å². The van der Waals surface area contributed by atoms with Crippen LogP contribution in [-0.4, -0.2) is 49.9 Å². The average molecular weight is 346 g/mol. The van der Waals surface area contributed by atoms with E-state index in [0.717, 1.165) is 12.1 Å². The Morgan fingerprint density at radius 1 is 1.33 bits per heavy atom. The minimum absolute atomic E-state index is 0.101. The number of halogens is 3.